The average Bonchev–Trinajstić information content (AvgIpc) is 3.25. The summed E-state index contributed by atoms with van der Waals surface area (Å²) in [4.78, 5) is 27.9. The van der Waals surface area contributed by atoms with Gasteiger partial charge in [-0.2, -0.15) is 5.10 Å². The molecule has 5 rings (SSSR count). The van der Waals surface area contributed by atoms with Gasteiger partial charge in [0, 0.05) is 32.3 Å². The maximum absolute atomic E-state index is 12.2. The van der Waals surface area contributed by atoms with E-state index in [-0.39, 0.29) is 11.9 Å². The predicted octanol–water partition coefficient (Wildman–Crippen LogP) is 2.45. The van der Waals surface area contributed by atoms with Gasteiger partial charge in [-0.15, -0.1) is 0 Å². The summed E-state index contributed by atoms with van der Waals surface area (Å²) in [5.74, 6) is 1.42. The molecule has 2 aromatic rings. The molecule has 7 nitrogen and oxygen atoms in total. The van der Waals surface area contributed by atoms with Gasteiger partial charge in [-0.05, 0) is 61.8 Å². The first-order valence-electron chi connectivity index (χ1n) is 10.5. The summed E-state index contributed by atoms with van der Waals surface area (Å²) in [5.41, 5.74) is 2.98. The molecular formula is C21H27N5O2. The van der Waals surface area contributed by atoms with Crippen molar-refractivity contribution in [3.05, 3.63) is 30.1 Å². The van der Waals surface area contributed by atoms with E-state index < -0.39 is 0 Å². The number of hydrogen-bond acceptors (Lipinski definition) is 4. The van der Waals surface area contributed by atoms with E-state index in [2.05, 4.69) is 27.4 Å². The zero-order chi connectivity index (χ0) is 19.1. The highest BCUT2D eigenvalue weighted by Crippen LogP contribution is 2.30. The summed E-state index contributed by atoms with van der Waals surface area (Å²) in [6, 6.07) is 3.93. The molecule has 7 heteroatoms. The fraction of sp³-hybridized carbons (Fsp3) is 0.571. The lowest BCUT2D eigenvalue weighted by molar-refractivity contribution is -0.120. The Labute approximate surface area is 164 Å². The van der Waals surface area contributed by atoms with Crippen LogP contribution in [0.15, 0.2) is 24.5 Å². The number of rotatable bonds is 5. The maximum Gasteiger partial charge on any atom is 0.328 e. The number of carbonyl (C=O) groups is 2. The number of anilines is 1. The normalized spacial score (nSPS) is 24.0. The predicted molar refractivity (Wildman–Crippen MR) is 106 cm³/mol. The molecule has 1 unspecified atom stereocenters. The highest BCUT2D eigenvalue weighted by atomic mass is 16.2. The molecule has 2 saturated heterocycles. The fourth-order valence-corrected chi connectivity index (χ4v) is 4.76. The van der Waals surface area contributed by atoms with Gasteiger partial charge < -0.3 is 4.90 Å². The van der Waals surface area contributed by atoms with Crippen LogP contribution in [0.5, 0.6) is 0 Å². The number of fused-ring (bicyclic) bond motifs is 1. The number of nitrogens with zero attached hydrogens (tertiary/aromatic N) is 4. The molecule has 2 aromatic heterocycles. The van der Waals surface area contributed by atoms with Crippen LogP contribution < -0.4 is 10.2 Å². The Hall–Kier alpha value is -2.41. The molecule has 1 saturated carbocycles. The van der Waals surface area contributed by atoms with Crippen LogP contribution in [0.1, 0.15) is 37.7 Å². The van der Waals surface area contributed by atoms with Crippen molar-refractivity contribution in [3.63, 3.8) is 0 Å². The van der Waals surface area contributed by atoms with Gasteiger partial charge >= 0.3 is 6.03 Å². The molecule has 3 fully saturated rings. The van der Waals surface area contributed by atoms with Gasteiger partial charge in [0.2, 0.25) is 5.91 Å². The summed E-state index contributed by atoms with van der Waals surface area (Å²) in [6.45, 7) is 4.11. The Morgan fingerprint density at radius 2 is 2.04 bits per heavy atom. The Kier molecular flexibility index (Phi) is 4.55. The summed E-state index contributed by atoms with van der Waals surface area (Å²) in [7, 11) is 0. The number of carbonyl (C=O) groups excluding carboxylic acids is 2. The topological polar surface area (TPSA) is 70.0 Å². The molecule has 3 aliphatic rings. The van der Waals surface area contributed by atoms with Crippen LogP contribution in [-0.4, -0.2) is 52.6 Å². The SMILES string of the molecule is O=C1CCN(c2cnn3ccc(CC4CCN(CC5CCC5)C4)cc23)C(=O)N1. The number of amides is 3. The second-order valence-electron chi connectivity index (χ2n) is 8.56. The van der Waals surface area contributed by atoms with Crippen molar-refractivity contribution in [2.75, 3.05) is 31.1 Å². The lowest BCUT2D eigenvalue weighted by Crippen LogP contribution is -2.49. The molecule has 148 valence electrons. The number of urea groups is 1. The highest BCUT2D eigenvalue weighted by Gasteiger charge is 2.28. The van der Waals surface area contributed by atoms with E-state index in [1.165, 1.54) is 50.9 Å². The molecule has 2 aliphatic heterocycles. The number of imide groups is 1. The van der Waals surface area contributed by atoms with Gasteiger partial charge in [-0.1, -0.05) is 6.42 Å². The monoisotopic (exact) mass is 381 g/mol. The third-order valence-electron chi connectivity index (χ3n) is 6.55. The summed E-state index contributed by atoms with van der Waals surface area (Å²) < 4.78 is 1.81. The minimum absolute atomic E-state index is 0.217. The largest absolute Gasteiger partial charge is 0.328 e. The van der Waals surface area contributed by atoms with Crippen LogP contribution in [0.3, 0.4) is 0 Å². The average molecular weight is 381 g/mol. The number of aromatic nitrogens is 2. The van der Waals surface area contributed by atoms with Crippen LogP contribution in [-0.2, 0) is 11.2 Å². The minimum atomic E-state index is -0.362. The first-order chi connectivity index (χ1) is 13.7. The van der Waals surface area contributed by atoms with Crippen LogP contribution in [0.25, 0.3) is 5.52 Å². The second-order valence-corrected chi connectivity index (χ2v) is 8.56. The van der Waals surface area contributed by atoms with E-state index in [0.29, 0.717) is 18.9 Å². The van der Waals surface area contributed by atoms with E-state index >= 15 is 0 Å². The van der Waals surface area contributed by atoms with Crippen LogP contribution in [0.4, 0.5) is 10.5 Å². The first-order valence-corrected chi connectivity index (χ1v) is 10.5. The quantitative estimate of drug-likeness (QED) is 0.864. The van der Waals surface area contributed by atoms with Gasteiger partial charge in [0.15, 0.2) is 0 Å². The summed E-state index contributed by atoms with van der Waals surface area (Å²) in [6.07, 6.45) is 10.6. The third-order valence-corrected chi connectivity index (χ3v) is 6.55. The molecule has 4 heterocycles. The van der Waals surface area contributed by atoms with Gasteiger partial charge in [0.25, 0.3) is 0 Å². The van der Waals surface area contributed by atoms with Crippen molar-refractivity contribution in [1.82, 2.24) is 19.8 Å². The maximum atomic E-state index is 12.2. The molecule has 1 aliphatic carbocycles. The van der Waals surface area contributed by atoms with E-state index in [4.69, 9.17) is 0 Å². The van der Waals surface area contributed by atoms with Gasteiger partial charge in [-0.3, -0.25) is 15.0 Å². The number of hydrogen-bond donors (Lipinski definition) is 1. The van der Waals surface area contributed by atoms with Gasteiger partial charge in [0.05, 0.1) is 17.4 Å². The van der Waals surface area contributed by atoms with Crippen molar-refractivity contribution in [2.45, 2.75) is 38.5 Å². The molecule has 0 spiro atoms. The first kappa shape index (κ1) is 17.7. The molecule has 0 aromatic carbocycles. The summed E-state index contributed by atoms with van der Waals surface area (Å²) >= 11 is 0. The van der Waals surface area contributed by atoms with Gasteiger partial charge in [-0.25, -0.2) is 9.31 Å². The smallest absolute Gasteiger partial charge is 0.303 e. The van der Waals surface area contributed by atoms with E-state index in [1.807, 2.05) is 6.20 Å². The Morgan fingerprint density at radius 3 is 2.82 bits per heavy atom. The lowest BCUT2D eigenvalue weighted by atomic mass is 9.85. The van der Waals surface area contributed by atoms with Crippen molar-refractivity contribution >= 4 is 23.1 Å². The number of pyridine rings is 1. The molecular weight excluding hydrogens is 354 g/mol. The molecule has 0 radical (unpaired) electrons. The van der Waals surface area contributed by atoms with Gasteiger partial charge in [0.1, 0.15) is 0 Å². The van der Waals surface area contributed by atoms with Crippen molar-refractivity contribution < 1.29 is 9.59 Å². The molecule has 0 bridgehead atoms. The van der Waals surface area contributed by atoms with E-state index in [0.717, 1.165) is 23.5 Å². The van der Waals surface area contributed by atoms with Crippen LogP contribution >= 0.6 is 0 Å². The zero-order valence-electron chi connectivity index (χ0n) is 16.1. The zero-order valence-corrected chi connectivity index (χ0v) is 16.1. The Bertz CT molecular complexity index is 903. The lowest BCUT2D eigenvalue weighted by Gasteiger charge is -2.30. The minimum Gasteiger partial charge on any atom is -0.303 e. The van der Waals surface area contributed by atoms with E-state index in [1.54, 1.807) is 15.6 Å². The van der Waals surface area contributed by atoms with Crippen LogP contribution in [0, 0.1) is 11.8 Å². The second kappa shape index (κ2) is 7.20. The standard InChI is InChI=1S/C21H27N5O2/c27-20-6-8-25(21(28)23-20)19-12-22-26-9-5-16(11-18(19)26)10-17-4-7-24(14-17)13-15-2-1-3-15/h5,9,11-12,15,17H,1-4,6-8,10,13-14H2,(H,23,27,28). The molecule has 1 N–H and O–H groups in total. The number of nitrogens with one attached hydrogen (secondary N) is 1. The summed E-state index contributed by atoms with van der Waals surface area (Å²) in [5, 5.41) is 6.77. The molecule has 3 amide bonds. The molecule has 1 atom stereocenters. The molecule has 28 heavy (non-hydrogen) atoms. The van der Waals surface area contributed by atoms with Crippen molar-refractivity contribution in [1.29, 1.82) is 0 Å². The van der Waals surface area contributed by atoms with Crippen LogP contribution in [0.2, 0.25) is 0 Å². The Morgan fingerprint density at radius 1 is 1.14 bits per heavy atom. The fourth-order valence-electron chi connectivity index (χ4n) is 4.76. The van der Waals surface area contributed by atoms with E-state index in [9.17, 15) is 9.59 Å². The van der Waals surface area contributed by atoms with Crippen molar-refractivity contribution in [3.8, 4) is 0 Å². The highest BCUT2D eigenvalue weighted by molar-refractivity contribution is 6.07. The number of likely N-dealkylation sites (tertiary alicyclic amines) is 1. The third kappa shape index (κ3) is 3.39. The van der Waals surface area contributed by atoms with Crippen molar-refractivity contribution in [2.24, 2.45) is 11.8 Å². The Balaban J connectivity index is 1.29.